The maximum Gasteiger partial charge on any atom is 0.308 e. The zero-order chi connectivity index (χ0) is 53.0. The largest absolute Gasteiger partial charge is 0.462 e. The van der Waals surface area contributed by atoms with E-state index in [9.17, 15) is 60.7 Å². The van der Waals surface area contributed by atoms with Gasteiger partial charge in [0.15, 0.2) is 12.1 Å². The van der Waals surface area contributed by atoms with E-state index in [0.29, 0.717) is 0 Å². The van der Waals surface area contributed by atoms with Gasteiger partial charge in [-0.05, 0) is 38.7 Å². The lowest BCUT2D eigenvalue weighted by Gasteiger charge is -2.46. The van der Waals surface area contributed by atoms with Gasteiger partial charge in [-0.25, -0.2) is 0 Å². The number of rotatable bonds is 5. The molecule has 18 nitrogen and oxygen atoms in total. The lowest BCUT2D eigenvalue weighted by atomic mass is 9.82. The van der Waals surface area contributed by atoms with E-state index in [1.54, 1.807) is 75.4 Å². The first-order chi connectivity index (χ1) is 34.2. The van der Waals surface area contributed by atoms with Crippen LogP contribution < -0.4 is 11.1 Å². The first kappa shape index (κ1) is 60.3. The Hall–Kier alpha value is -4.22. The summed E-state index contributed by atoms with van der Waals surface area (Å²) in [5.41, 5.74) is 6.90. The number of aliphatic hydroxyl groups is 10. The molecule has 4 rings (SSSR count). The number of esters is 1. The highest BCUT2D eigenvalue weighted by atomic mass is 16.7. The molecule has 1 amide bonds. The third-order valence-corrected chi connectivity index (χ3v) is 13.3. The molecular weight excluding hydrogens is 933 g/mol. The summed E-state index contributed by atoms with van der Waals surface area (Å²) in [6, 6.07) is 7.92. The van der Waals surface area contributed by atoms with E-state index in [1.165, 1.54) is 0 Å². The standard InChI is InChI=1S/C54H80N2O16/c1-33-20-16-13-11-9-7-5-6-8-10-12-14-19-23-41(71-53-51(66)48(55)50(65)36(4)70-53)29-45-47(52(67)56-32-37-21-17-15-18-22-37)44(62)31-54(68,72-45)30-40(59)27-43(61)42(60)25-24-38(57)26-39(58)28-46(63)69-35(3)34(2)49(33)64/h5-23,33-36,38-45,47-51,53,57-62,64-66,68H,24-32,55H2,1-4H3,(H,56,67)/b6-5+,9-7+,10-8+,13-11+,14-12+,20-16+,23-19+/t33-,34-,35-,36+,38+,39+,40-,41-,42+,43+,44-,45-,47+,48-,49+,50+,51-,53-,54+/m0/s1. The second-order valence-electron chi connectivity index (χ2n) is 19.4. The lowest BCUT2D eigenvalue weighted by molar-refractivity contribution is -0.307. The Balaban J connectivity index is 1.61. The van der Waals surface area contributed by atoms with Gasteiger partial charge in [0.25, 0.3) is 0 Å². The summed E-state index contributed by atoms with van der Waals surface area (Å²) in [6.07, 6.45) is 4.69. The molecule has 18 heteroatoms. The quantitative estimate of drug-likeness (QED) is 0.188. The van der Waals surface area contributed by atoms with Crippen molar-refractivity contribution < 1.29 is 79.6 Å². The summed E-state index contributed by atoms with van der Waals surface area (Å²) in [5.74, 6) is -5.64. The number of nitrogens with one attached hydrogen (secondary N) is 1. The van der Waals surface area contributed by atoms with Crippen LogP contribution in [-0.4, -0.2) is 160 Å². The smallest absolute Gasteiger partial charge is 0.308 e. The minimum atomic E-state index is -2.28. The Labute approximate surface area is 423 Å². The topological polar surface area (TPSA) is 311 Å². The van der Waals surface area contributed by atoms with Gasteiger partial charge in [0.2, 0.25) is 5.91 Å². The van der Waals surface area contributed by atoms with E-state index < -0.39 is 147 Å². The predicted octanol–water partition coefficient (Wildman–Crippen LogP) is 1.94. The molecule has 1 aromatic carbocycles. The average molecular weight is 1010 g/mol. The summed E-state index contributed by atoms with van der Waals surface area (Å²) >= 11 is 0. The fourth-order valence-electron chi connectivity index (χ4n) is 8.89. The first-order valence-corrected chi connectivity index (χ1v) is 25.0. The summed E-state index contributed by atoms with van der Waals surface area (Å²) in [7, 11) is 0. The Morgan fingerprint density at radius 3 is 1.90 bits per heavy atom. The molecule has 2 fully saturated rings. The Bertz CT molecular complexity index is 1990. The van der Waals surface area contributed by atoms with Crippen molar-refractivity contribution >= 4 is 11.9 Å². The highest BCUT2D eigenvalue weighted by molar-refractivity contribution is 5.80. The van der Waals surface area contributed by atoms with Crippen molar-refractivity contribution in [3.63, 3.8) is 0 Å². The number of nitrogens with two attached hydrogens (primary N) is 1. The van der Waals surface area contributed by atoms with Gasteiger partial charge in [-0.2, -0.15) is 0 Å². The number of benzene rings is 1. The average Bonchev–Trinajstić information content (AvgIpc) is 3.32. The number of amides is 1. The second kappa shape index (κ2) is 30.2. The van der Waals surface area contributed by atoms with Crippen LogP contribution in [0.15, 0.2) is 115 Å². The predicted molar refractivity (Wildman–Crippen MR) is 268 cm³/mol. The molecule has 1 aromatic rings. The lowest BCUT2D eigenvalue weighted by Crippen LogP contribution is -2.62. The van der Waals surface area contributed by atoms with E-state index in [-0.39, 0.29) is 38.1 Å². The van der Waals surface area contributed by atoms with Crippen LogP contribution >= 0.6 is 0 Å². The zero-order valence-electron chi connectivity index (χ0n) is 41.7. The molecule has 3 aliphatic rings. The Morgan fingerprint density at radius 1 is 0.681 bits per heavy atom. The number of hydrogen-bond acceptors (Lipinski definition) is 17. The summed E-state index contributed by atoms with van der Waals surface area (Å²) in [5, 5.41) is 113. The molecular formula is C54H80N2O16. The fourth-order valence-corrected chi connectivity index (χ4v) is 8.89. The number of carbonyl (C=O) groups is 2. The zero-order valence-corrected chi connectivity index (χ0v) is 41.7. The van der Waals surface area contributed by atoms with E-state index in [0.717, 1.165) is 5.56 Å². The first-order valence-electron chi connectivity index (χ1n) is 25.0. The van der Waals surface area contributed by atoms with Crippen LogP contribution in [-0.2, 0) is 35.1 Å². The van der Waals surface area contributed by atoms with Crippen LogP contribution in [0.4, 0.5) is 0 Å². The minimum Gasteiger partial charge on any atom is -0.462 e. The van der Waals surface area contributed by atoms with Crippen molar-refractivity contribution in [1.29, 1.82) is 0 Å². The number of carbonyl (C=O) groups excluding carboxylic acids is 2. The highest BCUT2D eigenvalue weighted by Gasteiger charge is 2.51. The minimum absolute atomic E-state index is 0.0961. The maximum atomic E-state index is 14.0. The third kappa shape index (κ3) is 19.9. The van der Waals surface area contributed by atoms with Crippen molar-refractivity contribution in [1.82, 2.24) is 5.32 Å². The van der Waals surface area contributed by atoms with E-state index in [1.807, 2.05) is 67.7 Å². The van der Waals surface area contributed by atoms with Crippen LogP contribution in [0, 0.1) is 17.8 Å². The maximum absolute atomic E-state index is 14.0. The number of cyclic esters (lactones) is 1. The van der Waals surface area contributed by atoms with Crippen LogP contribution in [0.5, 0.6) is 0 Å². The number of ether oxygens (including phenoxy) is 4. The van der Waals surface area contributed by atoms with E-state index >= 15 is 0 Å². The molecule has 3 heterocycles. The molecule has 2 bridgehead atoms. The van der Waals surface area contributed by atoms with Gasteiger partial charge < -0.3 is 81.1 Å². The Kier molecular flexibility index (Phi) is 25.3. The van der Waals surface area contributed by atoms with Crippen molar-refractivity contribution in [2.45, 2.75) is 183 Å². The van der Waals surface area contributed by atoms with Gasteiger partial charge in [0.05, 0.1) is 85.5 Å². The van der Waals surface area contributed by atoms with E-state index in [4.69, 9.17) is 24.7 Å². The highest BCUT2D eigenvalue weighted by Crippen LogP contribution is 2.38. The van der Waals surface area contributed by atoms with Crippen LogP contribution in [0.1, 0.15) is 84.6 Å². The summed E-state index contributed by atoms with van der Waals surface area (Å²) in [4.78, 5) is 26.7. The fraction of sp³-hybridized carbons (Fsp3) is 0.593. The SMILES string of the molecule is C[C@@H]1[C@H](O)[C@@H](C)/C=C/C=C/C=C/C=C/C=C/C=C/C=C/[C@H](O[C@@H]2O[C@H](C)[C@@H](O)[C@H](N)[C@@H]2O)C[C@@H]2O[C@](O)(C[C@@H](O)C[C@@H](O)[C@H](O)CC[C@@H](O)C[C@@H](O)CC(=O)O[C@H]1C)C[C@H](O)[C@H]2C(=O)NCc1ccccc1. The normalized spacial score (nSPS) is 42.1. The molecule has 0 saturated carbocycles. The molecule has 0 aliphatic carbocycles. The monoisotopic (exact) mass is 1010 g/mol. The molecule has 13 N–H and O–H groups in total. The van der Waals surface area contributed by atoms with Gasteiger partial charge in [-0.15, -0.1) is 0 Å². The molecule has 2 saturated heterocycles. The van der Waals surface area contributed by atoms with Gasteiger partial charge in [0.1, 0.15) is 12.2 Å². The number of hydrogen-bond donors (Lipinski definition) is 12. The second-order valence-corrected chi connectivity index (χ2v) is 19.4. The van der Waals surface area contributed by atoms with Crippen molar-refractivity contribution in [3.8, 4) is 0 Å². The third-order valence-electron chi connectivity index (χ3n) is 13.3. The molecule has 0 radical (unpaired) electrons. The van der Waals surface area contributed by atoms with E-state index in [2.05, 4.69) is 5.32 Å². The number of allylic oxidation sites excluding steroid dienone is 12. The van der Waals surface area contributed by atoms with Gasteiger partial charge in [-0.3, -0.25) is 9.59 Å². The van der Waals surface area contributed by atoms with Crippen molar-refractivity contribution in [2.75, 3.05) is 0 Å². The van der Waals surface area contributed by atoms with Gasteiger partial charge >= 0.3 is 5.97 Å². The van der Waals surface area contributed by atoms with Gasteiger partial charge in [0, 0.05) is 44.1 Å². The Morgan fingerprint density at radius 2 is 1.28 bits per heavy atom. The molecule has 72 heavy (non-hydrogen) atoms. The summed E-state index contributed by atoms with van der Waals surface area (Å²) in [6.45, 7) is 6.91. The number of fused-ring (bicyclic) bond motifs is 2. The molecule has 3 aliphatic heterocycles. The molecule has 0 aromatic heterocycles. The van der Waals surface area contributed by atoms with Crippen LogP contribution in [0.2, 0.25) is 0 Å². The van der Waals surface area contributed by atoms with Crippen molar-refractivity contribution in [2.24, 2.45) is 23.5 Å². The molecule has 0 spiro atoms. The van der Waals surface area contributed by atoms with Crippen molar-refractivity contribution in [3.05, 3.63) is 121 Å². The molecule has 0 unspecified atom stereocenters. The van der Waals surface area contributed by atoms with Gasteiger partial charge in [-0.1, -0.05) is 129 Å². The summed E-state index contributed by atoms with van der Waals surface area (Å²) < 4.78 is 23.8. The molecule has 19 atom stereocenters. The van der Waals surface area contributed by atoms with Crippen LogP contribution in [0.25, 0.3) is 0 Å². The van der Waals surface area contributed by atoms with Crippen LogP contribution in [0.3, 0.4) is 0 Å². The molecule has 402 valence electrons. The number of aliphatic hydroxyl groups excluding tert-OH is 9.